The van der Waals surface area contributed by atoms with Crippen LogP contribution in [0.1, 0.15) is 36.7 Å². The van der Waals surface area contributed by atoms with Crippen LogP contribution >= 0.6 is 23.5 Å². The second-order valence-corrected chi connectivity index (χ2v) is 8.76. The van der Waals surface area contributed by atoms with Crippen LogP contribution in [0.4, 0.5) is 0 Å². The van der Waals surface area contributed by atoms with E-state index >= 15 is 0 Å². The normalized spacial score (nSPS) is 12.4. The molecule has 0 saturated carbocycles. The molecule has 1 unspecified atom stereocenters. The average molecular weight is 455 g/mol. The summed E-state index contributed by atoms with van der Waals surface area (Å²) in [7, 11) is 0. The predicted molar refractivity (Wildman–Crippen MR) is 123 cm³/mol. The van der Waals surface area contributed by atoms with Crippen molar-refractivity contribution < 1.29 is 9.21 Å². The molecule has 1 amide bonds. The molecule has 0 aliphatic carbocycles. The molecule has 31 heavy (non-hydrogen) atoms. The van der Waals surface area contributed by atoms with Gasteiger partial charge in [-0.25, -0.2) is 9.71 Å². The topological polar surface area (TPSA) is 119 Å². The summed E-state index contributed by atoms with van der Waals surface area (Å²) in [5.74, 6) is 0.350. The molecule has 0 radical (unpaired) electrons. The molecule has 0 fully saturated rings. The van der Waals surface area contributed by atoms with Gasteiger partial charge >= 0.3 is 0 Å². The van der Waals surface area contributed by atoms with Gasteiger partial charge in [0.2, 0.25) is 17.7 Å². The number of nitrogens with zero attached hydrogens (tertiary/aromatic N) is 3. The lowest BCUT2D eigenvalue weighted by atomic mass is 10.1. The van der Waals surface area contributed by atoms with Gasteiger partial charge in [0.25, 0.3) is 0 Å². The summed E-state index contributed by atoms with van der Waals surface area (Å²) in [6.45, 7) is 3.98. The van der Waals surface area contributed by atoms with E-state index in [1.54, 1.807) is 0 Å². The molecule has 4 aromatic rings. The average Bonchev–Trinajstić information content (AvgIpc) is 3.42. The Bertz CT molecular complexity index is 1180. The van der Waals surface area contributed by atoms with Crippen molar-refractivity contribution in [3.63, 3.8) is 0 Å². The van der Waals surface area contributed by atoms with Crippen molar-refractivity contribution >= 4 is 39.6 Å². The Morgan fingerprint density at radius 3 is 2.71 bits per heavy atom. The van der Waals surface area contributed by atoms with Crippen LogP contribution < -0.4 is 15.2 Å². The third kappa shape index (κ3) is 4.93. The highest BCUT2D eigenvalue weighted by Gasteiger charge is 2.27. The zero-order valence-electron chi connectivity index (χ0n) is 17.0. The maximum absolute atomic E-state index is 12.5. The summed E-state index contributed by atoms with van der Waals surface area (Å²) >= 11 is 2.47. The number of hydrogen-bond donors (Lipinski definition) is 3. The van der Waals surface area contributed by atoms with Crippen molar-refractivity contribution in [2.45, 2.75) is 26.4 Å². The largest absolute Gasteiger partial charge is 0.421 e. The minimum Gasteiger partial charge on any atom is -0.421 e. The second kappa shape index (κ2) is 9.56. The first-order valence-electron chi connectivity index (χ1n) is 9.72. The van der Waals surface area contributed by atoms with Crippen molar-refractivity contribution in [2.24, 2.45) is 11.1 Å². The third-order valence-corrected chi connectivity index (χ3v) is 6.00. The van der Waals surface area contributed by atoms with Crippen LogP contribution in [0.2, 0.25) is 0 Å². The molecule has 0 saturated heterocycles. The molecule has 0 aliphatic heterocycles. The van der Waals surface area contributed by atoms with Crippen LogP contribution in [0.3, 0.4) is 0 Å². The lowest BCUT2D eigenvalue weighted by Crippen LogP contribution is -2.32. The van der Waals surface area contributed by atoms with Crippen LogP contribution in [0, 0.1) is 5.92 Å². The molecule has 10 heteroatoms. The van der Waals surface area contributed by atoms with E-state index in [0.29, 0.717) is 17.4 Å². The van der Waals surface area contributed by atoms with Gasteiger partial charge in [0, 0.05) is 18.1 Å². The first kappa shape index (κ1) is 21.4. The SMILES string of the molecule is CC(C)C(=O)NC(c1nnc(CNSN)o1)c1nc2ccc(-c3ccccc3)cc2s1. The number of carbonyl (C=O) groups excluding carboxylic acids is 1. The van der Waals surface area contributed by atoms with Crippen LogP contribution in [0.5, 0.6) is 0 Å². The molecule has 0 spiro atoms. The number of rotatable bonds is 8. The van der Waals surface area contributed by atoms with Gasteiger partial charge in [0.1, 0.15) is 5.01 Å². The number of amides is 1. The summed E-state index contributed by atoms with van der Waals surface area (Å²) in [5.41, 5.74) is 3.09. The molecular weight excluding hydrogens is 432 g/mol. The Morgan fingerprint density at radius 1 is 1.16 bits per heavy atom. The van der Waals surface area contributed by atoms with Gasteiger partial charge in [-0.2, -0.15) is 0 Å². The summed E-state index contributed by atoms with van der Waals surface area (Å²) in [4.78, 5) is 17.2. The molecule has 8 nitrogen and oxygen atoms in total. The number of carbonyl (C=O) groups is 1. The molecule has 1 atom stereocenters. The van der Waals surface area contributed by atoms with Crippen molar-refractivity contribution in [3.05, 3.63) is 65.3 Å². The second-order valence-electron chi connectivity index (χ2n) is 7.17. The van der Waals surface area contributed by atoms with Crippen LogP contribution in [0.15, 0.2) is 52.9 Å². The monoisotopic (exact) mass is 454 g/mol. The lowest BCUT2D eigenvalue weighted by molar-refractivity contribution is -0.124. The fraction of sp³-hybridized carbons (Fsp3) is 0.238. The molecule has 0 aliphatic rings. The van der Waals surface area contributed by atoms with Gasteiger partial charge in [-0.15, -0.1) is 21.5 Å². The molecule has 4 N–H and O–H groups in total. The minimum absolute atomic E-state index is 0.121. The van der Waals surface area contributed by atoms with E-state index in [2.05, 4.69) is 38.4 Å². The summed E-state index contributed by atoms with van der Waals surface area (Å²) in [6, 6.07) is 15.7. The quantitative estimate of drug-likeness (QED) is 0.344. The van der Waals surface area contributed by atoms with Gasteiger partial charge < -0.3 is 9.73 Å². The van der Waals surface area contributed by atoms with Gasteiger partial charge in [-0.3, -0.25) is 9.93 Å². The van der Waals surface area contributed by atoms with E-state index < -0.39 is 6.04 Å². The Hall–Kier alpha value is -2.79. The number of aromatic nitrogens is 3. The Kier molecular flexibility index (Phi) is 6.62. The summed E-state index contributed by atoms with van der Waals surface area (Å²) in [6.07, 6.45) is 0. The van der Waals surface area contributed by atoms with Crippen molar-refractivity contribution in [2.75, 3.05) is 0 Å². The maximum atomic E-state index is 12.5. The molecule has 2 aromatic heterocycles. The Morgan fingerprint density at radius 2 is 1.97 bits per heavy atom. The van der Waals surface area contributed by atoms with E-state index in [-0.39, 0.29) is 17.7 Å². The highest BCUT2D eigenvalue weighted by molar-refractivity contribution is 7.95. The van der Waals surface area contributed by atoms with Gasteiger partial charge in [-0.1, -0.05) is 50.2 Å². The Balaban J connectivity index is 1.69. The zero-order valence-corrected chi connectivity index (χ0v) is 18.7. The summed E-state index contributed by atoms with van der Waals surface area (Å²) in [5, 5.41) is 17.2. The molecule has 160 valence electrons. The fourth-order valence-corrected chi connectivity index (χ4v) is 4.23. The van der Waals surface area contributed by atoms with E-state index in [1.165, 1.54) is 11.3 Å². The van der Waals surface area contributed by atoms with Gasteiger partial charge in [-0.05, 0) is 23.3 Å². The van der Waals surface area contributed by atoms with Crippen molar-refractivity contribution in [1.29, 1.82) is 0 Å². The van der Waals surface area contributed by atoms with E-state index in [0.717, 1.165) is 33.5 Å². The predicted octanol–water partition coefficient (Wildman–Crippen LogP) is 3.82. The number of fused-ring (bicyclic) bond motifs is 1. The molecular formula is C21H22N6O2S2. The van der Waals surface area contributed by atoms with E-state index in [1.807, 2.05) is 44.2 Å². The van der Waals surface area contributed by atoms with Crippen LogP contribution in [0.25, 0.3) is 21.3 Å². The van der Waals surface area contributed by atoms with Crippen molar-refractivity contribution in [3.8, 4) is 11.1 Å². The van der Waals surface area contributed by atoms with Crippen LogP contribution in [-0.2, 0) is 11.3 Å². The lowest BCUT2D eigenvalue weighted by Gasteiger charge is -2.14. The number of nitrogens with one attached hydrogen (secondary N) is 2. The van der Waals surface area contributed by atoms with E-state index in [9.17, 15) is 4.79 Å². The standard InChI is InChI=1S/C21H22N6O2S2/c1-12(2)19(28)25-18(20-27-26-17(29-20)11-23-31-22)21-24-15-9-8-14(10-16(15)30-21)13-6-4-3-5-7-13/h3-10,12,18,23H,11,22H2,1-2H3,(H,25,28). The number of hydrogen-bond acceptors (Lipinski definition) is 9. The minimum atomic E-state index is -0.626. The number of nitrogens with two attached hydrogens (primary N) is 1. The first-order valence-corrected chi connectivity index (χ1v) is 11.4. The first-order chi connectivity index (χ1) is 15.0. The smallest absolute Gasteiger partial charge is 0.245 e. The molecule has 4 rings (SSSR count). The maximum Gasteiger partial charge on any atom is 0.245 e. The molecule has 2 aromatic carbocycles. The van der Waals surface area contributed by atoms with Gasteiger partial charge in [0.15, 0.2) is 6.04 Å². The van der Waals surface area contributed by atoms with Gasteiger partial charge in [0.05, 0.1) is 16.8 Å². The van der Waals surface area contributed by atoms with E-state index in [4.69, 9.17) is 14.5 Å². The van der Waals surface area contributed by atoms with Crippen LogP contribution in [-0.4, -0.2) is 21.1 Å². The number of thiazole rings is 1. The molecule has 2 heterocycles. The number of benzene rings is 2. The summed E-state index contributed by atoms with van der Waals surface area (Å²) < 4.78 is 9.64. The fourth-order valence-electron chi connectivity index (χ4n) is 2.97. The van der Waals surface area contributed by atoms with Crippen molar-refractivity contribution in [1.82, 2.24) is 25.2 Å². The molecule has 0 bridgehead atoms. The zero-order chi connectivity index (χ0) is 21.8. The third-order valence-electron chi connectivity index (χ3n) is 4.61. The Labute approximate surface area is 187 Å². The highest BCUT2D eigenvalue weighted by Crippen LogP contribution is 2.33. The highest BCUT2D eigenvalue weighted by atomic mass is 32.2.